The van der Waals surface area contributed by atoms with Gasteiger partial charge in [0.05, 0.1) is 28.4 Å². The third-order valence-electron chi connectivity index (χ3n) is 3.64. The number of nitrogens with zero attached hydrogens (tertiary/aromatic N) is 5. The summed E-state index contributed by atoms with van der Waals surface area (Å²) in [4.78, 5) is 17.2. The van der Waals surface area contributed by atoms with Crippen molar-refractivity contribution in [2.24, 2.45) is 0 Å². The first-order valence-electron chi connectivity index (χ1n) is 7.26. The second-order valence-electron chi connectivity index (χ2n) is 5.43. The fourth-order valence-electron chi connectivity index (χ4n) is 2.58. The number of nitrogens with one attached hydrogen (secondary N) is 2. The third-order valence-corrected chi connectivity index (χ3v) is 4.23. The molecule has 3 heterocycles. The maximum atomic E-state index is 12.8. The average Bonchev–Trinajstić information content (AvgIpc) is 3.08. The minimum atomic E-state index is -0.436. The van der Waals surface area contributed by atoms with Crippen LogP contribution in [0.4, 0.5) is 5.82 Å². The molecule has 0 saturated carbocycles. The van der Waals surface area contributed by atoms with Crippen LogP contribution in [0.5, 0.6) is 0 Å². The summed E-state index contributed by atoms with van der Waals surface area (Å²) < 4.78 is 2.47. The molecule has 0 spiro atoms. The van der Waals surface area contributed by atoms with Crippen LogP contribution in [0.15, 0.2) is 16.7 Å². The summed E-state index contributed by atoms with van der Waals surface area (Å²) in [5.41, 5.74) is 3.01. The van der Waals surface area contributed by atoms with Crippen LogP contribution in [-0.2, 0) is 6.42 Å². The Morgan fingerprint density at radius 2 is 2.20 bits per heavy atom. The minimum absolute atomic E-state index is 0.00649. The standard InChI is InChI=1S/C16H12BrN7O/c1-8-5-11(17)15-20-9(2)13(24(15)7-8)16(25)21-14-10(6-19)12(3-4-18)22-23-14/h5,7H,3H2,1-2H3,(H2,21,22,23,25). The molecule has 8 nitrogen and oxygen atoms in total. The summed E-state index contributed by atoms with van der Waals surface area (Å²) in [6, 6.07) is 5.82. The Morgan fingerprint density at radius 1 is 1.44 bits per heavy atom. The molecular formula is C16H12BrN7O. The van der Waals surface area contributed by atoms with Gasteiger partial charge in [-0.2, -0.15) is 15.6 Å². The van der Waals surface area contributed by atoms with Crippen molar-refractivity contribution in [2.45, 2.75) is 20.3 Å². The zero-order chi connectivity index (χ0) is 18.1. The molecule has 0 bridgehead atoms. The van der Waals surface area contributed by atoms with Gasteiger partial charge in [0.2, 0.25) is 0 Å². The largest absolute Gasteiger partial charge is 0.303 e. The zero-order valence-corrected chi connectivity index (χ0v) is 15.0. The van der Waals surface area contributed by atoms with E-state index in [1.807, 2.05) is 31.3 Å². The van der Waals surface area contributed by atoms with Crippen molar-refractivity contribution < 1.29 is 4.79 Å². The Hall–Kier alpha value is -3.17. The van der Waals surface area contributed by atoms with Crippen LogP contribution in [0.25, 0.3) is 5.65 Å². The molecule has 0 fully saturated rings. The lowest BCUT2D eigenvalue weighted by Crippen LogP contribution is -2.16. The van der Waals surface area contributed by atoms with E-state index < -0.39 is 5.91 Å². The van der Waals surface area contributed by atoms with E-state index in [4.69, 9.17) is 5.26 Å². The summed E-state index contributed by atoms with van der Waals surface area (Å²) in [5.74, 6) is -0.340. The summed E-state index contributed by atoms with van der Waals surface area (Å²) in [6.07, 6.45) is 1.82. The molecule has 0 aliphatic rings. The van der Waals surface area contributed by atoms with E-state index in [2.05, 4.69) is 36.4 Å². The average molecular weight is 398 g/mol. The number of aromatic nitrogens is 4. The molecular weight excluding hydrogens is 386 g/mol. The van der Waals surface area contributed by atoms with Crippen molar-refractivity contribution in [2.75, 3.05) is 5.32 Å². The van der Waals surface area contributed by atoms with Crippen molar-refractivity contribution in [1.29, 1.82) is 10.5 Å². The number of anilines is 1. The quantitative estimate of drug-likeness (QED) is 0.702. The molecule has 3 rings (SSSR count). The smallest absolute Gasteiger partial charge is 0.275 e. The predicted octanol–water partition coefficient (Wildman–Crippen LogP) is 2.63. The number of hydrogen-bond donors (Lipinski definition) is 2. The molecule has 0 radical (unpaired) electrons. The van der Waals surface area contributed by atoms with Crippen LogP contribution in [0.3, 0.4) is 0 Å². The topological polar surface area (TPSA) is 123 Å². The third kappa shape index (κ3) is 2.86. The Bertz CT molecular complexity index is 1080. The van der Waals surface area contributed by atoms with Crippen LogP contribution in [-0.4, -0.2) is 25.5 Å². The van der Waals surface area contributed by atoms with E-state index in [0.717, 1.165) is 10.0 Å². The molecule has 3 aromatic rings. The van der Waals surface area contributed by atoms with E-state index in [1.165, 1.54) is 0 Å². The number of pyridine rings is 1. The number of rotatable bonds is 3. The number of carbonyl (C=O) groups excluding carboxylic acids is 1. The van der Waals surface area contributed by atoms with Gasteiger partial charge in [-0.3, -0.25) is 14.3 Å². The monoisotopic (exact) mass is 397 g/mol. The second kappa shape index (κ2) is 6.38. The number of carbonyl (C=O) groups is 1. The Kier molecular flexibility index (Phi) is 4.26. The number of fused-ring (bicyclic) bond motifs is 1. The first-order valence-corrected chi connectivity index (χ1v) is 8.06. The SMILES string of the molecule is Cc1cc(Br)c2nc(C)c(C(=O)Nc3n[nH]c(CC#N)c3C#N)n2c1. The van der Waals surface area contributed by atoms with Gasteiger partial charge in [-0.05, 0) is 41.4 Å². The molecule has 0 aromatic carbocycles. The summed E-state index contributed by atoms with van der Waals surface area (Å²) in [5, 5.41) is 27.2. The highest BCUT2D eigenvalue weighted by molar-refractivity contribution is 9.10. The lowest BCUT2D eigenvalue weighted by molar-refractivity contribution is 0.102. The number of aromatic amines is 1. The van der Waals surface area contributed by atoms with Gasteiger partial charge in [0.25, 0.3) is 5.91 Å². The van der Waals surface area contributed by atoms with Gasteiger partial charge in [0, 0.05) is 6.20 Å². The molecule has 2 N–H and O–H groups in total. The number of nitriles is 2. The molecule has 9 heteroatoms. The molecule has 25 heavy (non-hydrogen) atoms. The lowest BCUT2D eigenvalue weighted by atomic mass is 10.2. The van der Waals surface area contributed by atoms with Crippen molar-refractivity contribution >= 4 is 33.3 Å². The first kappa shape index (κ1) is 16.7. The predicted molar refractivity (Wildman–Crippen MR) is 92.9 cm³/mol. The molecule has 0 aliphatic carbocycles. The van der Waals surface area contributed by atoms with Gasteiger partial charge in [-0.15, -0.1) is 0 Å². The summed E-state index contributed by atoms with van der Waals surface area (Å²) in [7, 11) is 0. The molecule has 3 aromatic heterocycles. The van der Waals surface area contributed by atoms with Crippen LogP contribution in [0.1, 0.15) is 33.0 Å². The Morgan fingerprint density at radius 3 is 2.88 bits per heavy atom. The van der Waals surface area contributed by atoms with Crippen LogP contribution >= 0.6 is 15.9 Å². The summed E-state index contributed by atoms with van der Waals surface area (Å²) >= 11 is 3.45. The highest BCUT2D eigenvalue weighted by atomic mass is 79.9. The zero-order valence-electron chi connectivity index (χ0n) is 13.4. The maximum Gasteiger partial charge on any atom is 0.275 e. The molecule has 0 saturated heterocycles. The fraction of sp³-hybridized carbons (Fsp3) is 0.188. The second-order valence-corrected chi connectivity index (χ2v) is 6.29. The maximum absolute atomic E-state index is 12.8. The van der Waals surface area contributed by atoms with E-state index in [-0.39, 0.29) is 17.8 Å². The van der Waals surface area contributed by atoms with Gasteiger partial charge >= 0.3 is 0 Å². The van der Waals surface area contributed by atoms with Crippen molar-refractivity contribution in [3.05, 3.63) is 44.9 Å². The van der Waals surface area contributed by atoms with Crippen LogP contribution < -0.4 is 5.32 Å². The minimum Gasteiger partial charge on any atom is -0.303 e. The van der Waals surface area contributed by atoms with Gasteiger partial charge in [-0.25, -0.2) is 4.98 Å². The molecule has 0 unspecified atom stereocenters. The number of H-pyrrole nitrogens is 1. The van der Waals surface area contributed by atoms with Crippen molar-refractivity contribution in [3.63, 3.8) is 0 Å². The molecule has 0 atom stereocenters. The summed E-state index contributed by atoms with van der Waals surface area (Å²) in [6.45, 7) is 3.65. The van der Waals surface area contributed by atoms with Crippen molar-refractivity contribution in [3.8, 4) is 12.1 Å². The Labute approximate surface area is 151 Å². The van der Waals surface area contributed by atoms with Gasteiger partial charge in [-0.1, -0.05) is 0 Å². The molecule has 0 aliphatic heterocycles. The molecule has 1 amide bonds. The van der Waals surface area contributed by atoms with E-state index in [0.29, 0.717) is 22.7 Å². The number of imidazole rings is 1. The van der Waals surface area contributed by atoms with Crippen LogP contribution in [0.2, 0.25) is 0 Å². The number of amides is 1. The van der Waals surface area contributed by atoms with E-state index >= 15 is 0 Å². The van der Waals surface area contributed by atoms with Crippen LogP contribution in [0, 0.1) is 36.5 Å². The van der Waals surface area contributed by atoms with Gasteiger partial charge < -0.3 is 5.32 Å². The van der Waals surface area contributed by atoms with Crippen molar-refractivity contribution in [1.82, 2.24) is 19.6 Å². The number of hydrogen-bond acceptors (Lipinski definition) is 5. The Balaban J connectivity index is 2.04. The van der Waals surface area contributed by atoms with Gasteiger partial charge in [0.15, 0.2) is 11.5 Å². The highest BCUT2D eigenvalue weighted by Gasteiger charge is 2.21. The first-order chi connectivity index (χ1) is 12.0. The number of aryl methyl sites for hydroxylation is 2. The lowest BCUT2D eigenvalue weighted by Gasteiger charge is -2.05. The van der Waals surface area contributed by atoms with E-state index in [9.17, 15) is 10.1 Å². The van der Waals surface area contributed by atoms with Gasteiger partial charge in [0.1, 0.15) is 17.3 Å². The molecule has 124 valence electrons. The normalized spacial score (nSPS) is 10.4. The fourth-order valence-corrected chi connectivity index (χ4v) is 3.22. The highest BCUT2D eigenvalue weighted by Crippen LogP contribution is 2.23. The number of halogens is 1. The van der Waals surface area contributed by atoms with E-state index in [1.54, 1.807) is 11.3 Å².